The Morgan fingerprint density at radius 3 is 2.39 bits per heavy atom. The van der Waals surface area contributed by atoms with Gasteiger partial charge in [-0.3, -0.25) is 0 Å². The van der Waals surface area contributed by atoms with Crippen molar-refractivity contribution in [2.24, 2.45) is 29.1 Å². The Morgan fingerprint density at radius 2 is 1.77 bits per heavy atom. The van der Waals surface area contributed by atoms with Crippen molar-refractivity contribution in [2.75, 3.05) is 0 Å². The van der Waals surface area contributed by atoms with Gasteiger partial charge in [-0.2, -0.15) is 0 Å². The number of rotatable bonds is 6. The molecule has 0 spiro atoms. The first-order valence-electron chi connectivity index (χ1n) is 12.6. The van der Waals surface area contributed by atoms with Crippen LogP contribution in [-0.2, 0) is 0 Å². The predicted octanol–water partition coefficient (Wildman–Crippen LogP) is 5.95. The van der Waals surface area contributed by atoms with Crippen molar-refractivity contribution in [1.82, 2.24) is 0 Å². The van der Waals surface area contributed by atoms with Crippen molar-refractivity contribution >= 4 is 0 Å². The molecule has 3 aliphatic carbocycles. The first kappa shape index (κ1) is 24.7. The standard InChI is InChI=1S/C28H46O3/c1-18(13-15-27(4,5)31)19(2)23-11-12-24-22(8-7-14-28(23,24)6)10-9-21-16-25(29)20(3)26(30)17-21/h9-10,18-19,23-26,29-31H,3,7-8,11-17H2,1-2,4-6H3/b22-10+/t18-,19-,23-,24+,25-,26-,28-/m1/s1. The molecule has 3 nitrogen and oxygen atoms in total. The van der Waals surface area contributed by atoms with Gasteiger partial charge in [-0.05, 0) is 106 Å². The van der Waals surface area contributed by atoms with Gasteiger partial charge in [-0.25, -0.2) is 0 Å². The molecule has 3 fully saturated rings. The highest BCUT2D eigenvalue weighted by molar-refractivity contribution is 5.29. The zero-order valence-corrected chi connectivity index (χ0v) is 20.5. The zero-order chi connectivity index (χ0) is 23.0. The second-order valence-electron chi connectivity index (χ2n) is 11.9. The van der Waals surface area contributed by atoms with Gasteiger partial charge in [0.25, 0.3) is 0 Å². The summed E-state index contributed by atoms with van der Waals surface area (Å²) >= 11 is 0. The molecule has 0 bridgehead atoms. The summed E-state index contributed by atoms with van der Waals surface area (Å²) in [6.45, 7) is 15.0. The number of fused-ring (bicyclic) bond motifs is 1. The fourth-order valence-corrected chi connectivity index (χ4v) is 6.81. The van der Waals surface area contributed by atoms with Crippen LogP contribution in [0, 0.1) is 29.1 Å². The van der Waals surface area contributed by atoms with Crippen molar-refractivity contribution in [2.45, 2.75) is 110 Å². The van der Waals surface area contributed by atoms with Gasteiger partial charge in [0.15, 0.2) is 0 Å². The third kappa shape index (κ3) is 5.54. The van der Waals surface area contributed by atoms with Gasteiger partial charge in [0.2, 0.25) is 0 Å². The molecule has 0 unspecified atom stereocenters. The number of hydrogen-bond acceptors (Lipinski definition) is 3. The molecular formula is C28H46O3. The van der Waals surface area contributed by atoms with Gasteiger partial charge < -0.3 is 15.3 Å². The van der Waals surface area contributed by atoms with Gasteiger partial charge in [0.1, 0.15) is 0 Å². The van der Waals surface area contributed by atoms with E-state index in [9.17, 15) is 15.3 Å². The lowest BCUT2D eigenvalue weighted by molar-refractivity contribution is 0.0447. The Labute approximate surface area is 190 Å². The molecule has 0 radical (unpaired) electrons. The molecule has 3 N–H and O–H groups in total. The van der Waals surface area contributed by atoms with Gasteiger partial charge >= 0.3 is 0 Å². The first-order chi connectivity index (χ1) is 14.4. The minimum Gasteiger partial charge on any atom is -0.390 e. The van der Waals surface area contributed by atoms with Crippen LogP contribution in [0.25, 0.3) is 0 Å². The summed E-state index contributed by atoms with van der Waals surface area (Å²) in [6.07, 6.45) is 12.8. The molecule has 0 saturated heterocycles. The SMILES string of the molecule is C=C1[C@H](O)CC(=C/C=C2\CCC[C@]3(C)[C@@H]([C@H](C)[C@H](C)CCC(C)(C)O)CC[C@@H]23)C[C@H]1O. The third-order valence-corrected chi connectivity index (χ3v) is 9.08. The largest absolute Gasteiger partial charge is 0.390 e. The van der Waals surface area contributed by atoms with Crippen LogP contribution in [0.4, 0.5) is 0 Å². The normalized spacial score (nSPS) is 37.6. The smallest absolute Gasteiger partial charge is 0.0809 e. The number of allylic oxidation sites excluding steroid dienone is 3. The van der Waals surface area contributed by atoms with E-state index in [-0.39, 0.29) is 0 Å². The number of aliphatic hydroxyl groups is 3. The van der Waals surface area contributed by atoms with Crippen LogP contribution in [0.15, 0.2) is 35.5 Å². The Kier molecular flexibility index (Phi) is 7.61. The summed E-state index contributed by atoms with van der Waals surface area (Å²) in [4.78, 5) is 0. The van der Waals surface area contributed by atoms with Crippen molar-refractivity contribution in [3.8, 4) is 0 Å². The topological polar surface area (TPSA) is 60.7 Å². The first-order valence-corrected chi connectivity index (χ1v) is 12.6. The molecule has 3 heteroatoms. The quantitative estimate of drug-likeness (QED) is 0.456. The number of aliphatic hydroxyl groups excluding tert-OH is 2. The van der Waals surface area contributed by atoms with Gasteiger partial charge in [-0.15, -0.1) is 0 Å². The molecule has 0 heterocycles. The average Bonchev–Trinajstić information content (AvgIpc) is 3.04. The van der Waals surface area contributed by atoms with Crippen LogP contribution < -0.4 is 0 Å². The summed E-state index contributed by atoms with van der Waals surface area (Å²) in [5, 5.41) is 30.5. The lowest BCUT2D eigenvalue weighted by Crippen LogP contribution is -2.37. The van der Waals surface area contributed by atoms with E-state index >= 15 is 0 Å². The molecule has 0 aromatic rings. The van der Waals surface area contributed by atoms with Crippen LogP contribution in [-0.4, -0.2) is 33.1 Å². The van der Waals surface area contributed by atoms with E-state index in [1.54, 1.807) is 5.57 Å². The van der Waals surface area contributed by atoms with Crippen LogP contribution in [0.5, 0.6) is 0 Å². The maximum absolute atomic E-state index is 10.2. The van der Waals surface area contributed by atoms with Crippen molar-refractivity contribution in [1.29, 1.82) is 0 Å². The van der Waals surface area contributed by atoms with Gasteiger partial charge in [0, 0.05) is 0 Å². The van der Waals surface area contributed by atoms with E-state index in [0.717, 1.165) is 24.3 Å². The van der Waals surface area contributed by atoms with Crippen molar-refractivity contribution in [3.05, 3.63) is 35.5 Å². The van der Waals surface area contributed by atoms with Crippen molar-refractivity contribution in [3.63, 3.8) is 0 Å². The van der Waals surface area contributed by atoms with Crippen LogP contribution in [0.3, 0.4) is 0 Å². The molecule has 3 rings (SSSR count). The number of hydrogen-bond donors (Lipinski definition) is 3. The summed E-state index contributed by atoms with van der Waals surface area (Å²) in [6, 6.07) is 0. The maximum atomic E-state index is 10.2. The van der Waals surface area contributed by atoms with E-state index < -0.39 is 17.8 Å². The van der Waals surface area contributed by atoms with Crippen LogP contribution in [0.2, 0.25) is 0 Å². The Morgan fingerprint density at radius 1 is 1.13 bits per heavy atom. The van der Waals surface area contributed by atoms with E-state index in [1.165, 1.54) is 32.1 Å². The lowest BCUT2D eigenvalue weighted by atomic mass is 9.59. The zero-order valence-electron chi connectivity index (χ0n) is 20.5. The van der Waals surface area contributed by atoms with Crippen molar-refractivity contribution < 1.29 is 15.3 Å². The van der Waals surface area contributed by atoms with Crippen LogP contribution >= 0.6 is 0 Å². The molecule has 3 saturated carbocycles. The molecule has 3 aliphatic rings. The second-order valence-corrected chi connectivity index (χ2v) is 11.9. The van der Waals surface area contributed by atoms with E-state index in [4.69, 9.17) is 0 Å². The molecular weight excluding hydrogens is 384 g/mol. The van der Waals surface area contributed by atoms with Gasteiger partial charge in [-0.1, -0.05) is 50.6 Å². The summed E-state index contributed by atoms with van der Waals surface area (Å²) in [5.41, 5.74) is 3.06. The summed E-state index contributed by atoms with van der Waals surface area (Å²) in [5.74, 6) is 2.69. The Hall–Kier alpha value is -0.900. The summed E-state index contributed by atoms with van der Waals surface area (Å²) in [7, 11) is 0. The van der Waals surface area contributed by atoms with E-state index in [0.29, 0.717) is 41.6 Å². The Bertz CT molecular complexity index is 696. The maximum Gasteiger partial charge on any atom is 0.0809 e. The Balaban J connectivity index is 1.71. The highest BCUT2D eigenvalue weighted by Crippen LogP contribution is 2.60. The minimum atomic E-state index is -0.618. The van der Waals surface area contributed by atoms with E-state index in [2.05, 4.69) is 39.5 Å². The fraction of sp³-hybridized carbons (Fsp3) is 0.786. The molecule has 0 aromatic carbocycles. The average molecular weight is 431 g/mol. The molecule has 176 valence electrons. The second kappa shape index (κ2) is 9.53. The third-order valence-electron chi connectivity index (χ3n) is 9.08. The molecule has 0 aliphatic heterocycles. The highest BCUT2D eigenvalue weighted by atomic mass is 16.3. The fourth-order valence-electron chi connectivity index (χ4n) is 6.81. The highest BCUT2D eigenvalue weighted by Gasteiger charge is 2.51. The molecule has 0 aromatic heterocycles. The molecule has 31 heavy (non-hydrogen) atoms. The lowest BCUT2D eigenvalue weighted by Gasteiger charge is -2.45. The molecule has 7 atom stereocenters. The summed E-state index contributed by atoms with van der Waals surface area (Å²) < 4.78 is 0. The van der Waals surface area contributed by atoms with E-state index in [1.807, 2.05) is 13.8 Å². The minimum absolute atomic E-state index is 0.366. The van der Waals surface area contributed by atoms with Gasteiger partial charge in [0.05, 0.1) is 17.8 Å². The molecule has 0 amide bonds. The monoisotopic (exact) mass is 430 g/mol. The predicted molar refractivity (Wildman–Crippen MR) is 129 cm³/mol. The van der Waals surface area contributed by atoms with Crippen LogP contribution in [0.1, 0.15) is 92.4 Å².